The molecule has 0 fully saturated rings. The van der Waals surface area contributed by atoms with Crippen molar-refractivity contribution >= 4 is 11.5 Å². The maximum atomic E-state index is 11.3. The minimum atomic E-state index is -0.402. The predicted octanol–water partition coefficient (Wildman–Crippen LogP) is 3.86. The number of para-hydroxylation sites is 1. The highest BCUT2D eigenvalue weighted by molar-refractivity contribution is 5.86. The number of hydrogen-bond donors (Lipinski definition) is 0. The number of hydrogen-bond acceptors (Lipinski definition) is 4. The Balaban J connectivity index is 2.50. The fourth-order valence-electron chi connectivity index (χ4n) is 2.27. The fraction of sp³-hybridized carbons (Fsp3) is 0.150. The zero-order chi connectivity index (χ0) is 17.4. The highest BCUT2D eigenvalue weighted by Gasteiger charge is 2.10. The van der Waals surface area contributed by atoms with Crippen molar-refractivity contribution in [2.24, 2.45) is 0 Å². The number of esters is 1. The van der Waals surface area contributed by atoms with Crippen LogP contribution in [0.5, 0.6) is 11.5 Å². The molecule has 0 N–H and O–H groups in total. The lowest BCUT2D eigenvalue weighted by Crippen LogP contribution is -1.95. The molecule has 0 saturated heterocycles. The molecule has 2 aromatic rings. The van der Waals surface area contributed by atoms with Gasteiger partial charge in [0, 0.05) is 11.6 Å². The molecular formula is C20H20O4. The van der Waals surface area contributed by atoms with Gasteiger partial charge in [-0.2, -0.15) is 0 Å². The number of methoxy groups -OCH3 is 3. The van der Waals surface area contributed by atoms with Gasteiger partial charge in [-0.1, -0.05) is 42.5 Å². The minimum Gasteiger partial charge on any atom is -0.497 e. The molecule has 124 valence electrons. The van der Waals surface area contributed by atoms with Crippen molar-refractivity contribution in [1.29, 1.82) is 0 Å². The van der Waals surface area contributed by atoms with Crippen molar-refractivity contribution in [2.45, 2.75) is 0 Å². The van der Waals surface area contributed by atoms with Crippen LogP contribution in [0.4, 0.5) is 0 Å². The van der Waals surface area contributed by atoms with E-state index >= 15 is 0 Å². The Labute approximate surface area is 142 Å². The molecule has 2 aromatic carbocycles. The van der Waals surface area contributed by atoms with Crippen LogP contribution in [0.25, 0.3) is 5.57 Å². The Morgan fingerprint density at radius 2 is 1.62 bits per heavy atom. The van der Waals surface area contributed by atoms with E-state index in [0.29, 0.717) is 0 Å². The van der Waals surface area contributed by atoms with Crippen molar-refractivity contribution in [3.8, 4) is 11.5 Å². The Bertz CT molecular complexity index is 742. The summed E-state index contributed by atoms with van der Waals surface area (Å²) in [6.45, 7) is 0. The summed E-state index contributed by atoms with van der Waals surface area (Å²) in [5.41, 5.74) is 2.84. The van der Waals surface area contributed by atoms with E-state index in [9.17, 15) is 4.79 Å². The summed E-state index contributed by atoms with van der Waals surface area (Å²) >= 11 is 0. The van der Waals surface area contributed by atoms with E-state index in [1.807, 2.05) is 54.6 Å². The molecule has 2 rings (SSSR count). The molecule has 0 saturated carbocycles. The number of rotatable bonds is 6. The normalized spacial score (nSPS) is 11.4. The van der Waals surface area contributed by atoms with Gasteiger partial charge in [0.2, 0.25) is 0 Å². The molecular weight excluding hydrogens is 304 g/mol. The predicted molar refractivity (Wildman–Crippen MR) is 94.2 cm³/mol. The second kappa shape index (κ2) is 8.58. The quantitative estimate of drug-likeness (QED) is 0.460. The third-order valence-corrected chi connectivity index (χ3v) is 3.49. The second-order valence-corrected chi connectivity index (χ2v) is 4.89. The van der Waals surface area contributed by atoms with Gasteiger partial charge in [0.05, 0.1) is 21.3 Å². The van der Waals surface area contributed by atoms with Crippen molar-refractivity contribution in [2.75, 3.05) is 21.3 Å². The van der Waals surface area contributed by atoms with E-state index in [0.717, 1.165) is 28.2 Å². The molecule has 0 unspecified atom stereocenters. The third kappa shape index (κ3) is 4.26. The zero-order valence-corrected chi connectivity index (χ0v) is 14.0. The Morgan fingerprint density at radius 3 is 2.25 bits per heavy atom. The standard InChI is InChI=1S/C20H20O4/c1-22-16-13-11-15(12-14-16)17(8-6-10-20(21)24-3)18-7-4-5-9-19(18)23-2/h4-14H,1-3H3. The van der Waals surface area contributed by atoms with Crippen LogP contribution in [0, 0.1) is 0 Å². The molecule has 0 aliphatic heterocycles. The average Bonchev–Trinajstić information content (AvgIpc) is 2.65. The van der Waals surface area contributed by atoms with Crippen molar-refractivity contribution in [3.63, 3.8) is 0 Å². The van der Waals surface area contributed by atoms with E-state index in [4.69, 9.17) is 9.47 Å². The molecule has 0 aliphatic rings. The smallest absolute Gasteiger partial charge is 0.330 e. The van der Waals surface area contributed by atoms with E-state index in [1.54, 1.807) is 20.3 Å². The van der Waals surface area contributed by atoms with Gasteiger partial charge in [-0.05, 0) is 29.3 Å². The van der Waals surface area contributed by atoms with E-state index in [2.05, 4.69) is 4.74 Å². The van der Waals surface area contributed by atoms with Gasteiger partial charge < -0.3 is 14.2 Å². The van der Waals surface area contributed by atoms with Crippen LogP contribution < -0.4 is 9.47 Å². The fourth-order valence-corrected chi connectivity index (χ4v) is 2.27. The molecule has 0 aromatic heterocycles. The molecule has 24 heavy (non-hydrogen) atoms. The van der Waals surface area contributed by atoms with Gasteiger partial charge in [-0.25, -0.2) is 4.79 Å². The molecule has 0 bridgehead atoms. The highest BCUT2D eigenvalue weighted by Crippen LogP contribution is 2.31. The molecule has 0 heterocycles. The van der Waals surface area contributed by atoms with Gasteiger partial charge in [0.25, 0.3) is 0 Å². The summed E-state index contributed by atoms with van der Waals surface area (Å²) in [4.78, 5) is 11.3. The third-order valence-electron chi connectivity index (χ3n) is 3.49. The first-order valence-electron chi connectivity index (χ1n) is 7.43. The van der Waals surface area contributed by atoms with Gasteiger partial charge in [0.15, 0.2) is 0 Å². The van der Waals surface area contributed by atoms with Crippen LogP contribution in [-0.2, 0) is 9.53 Å². The second-order valence-electron chi connectivity index (χ2n) is 4.89. The topological polar surface area (TPSA) is 44.8 Å². The van der Waals surface area contributed by atoms with Crippen molar-refractivity contribution < 1.29 is 19.0 Å². The van der Waals surface area contributed by atoms with Crippen LogP contribution in [0.15, 0.2) is 66.8 Å². The maximum Gasteiger partial charge on any atom is 0.330 e. The lowest BCUT2D eigenvalue weighted by Gasteiger charge is -2.13. The summed E-state index contributed by atoms with van der Waals surface area (Å²) in [7, 11) is 4.61. The summed E-state index contributed by atoms with van der Waals surface area (Å²) in [6.07, 6.45) is 4.90. The van der Waals surface area contributed by atoms with Crippen LogP contribution in [-0.4, -0.2) is 27.3 Å². The Morgan fingerprint density at radius 1 is 0.917 bits per heavy atom. The minimum absolute atomic E-state index is 0.402. The van der Waals surface area contributed by atoms with Gasteiger partial charge in [-0.3, -0.25) is 0 Å². The molecule has 0 atom stereocenters. The molecule has 4 heteroatoms. The van der Waals surface area contributed by atoms with E-state index < -0.39 is 5.97 Å². The molecule has 4 nitrogen and oxygen atoms in total. The summed E-state index contributed by atoms with van der Waals surface area (Å²) < 4.78 is 15.3. The first-order chi connectivity index (χ1) is 11.7. The SMILES string of the molecule is COC(=O)C=CC=C(c1ccc(OC)cc1)c1ccccc1OC. The Hall–Kier alpha value is -3.01. The summed E-state index contributed by atoms with van der Waals surface area (Å²) in [5.74, 6) is 1.13. The number of carbonyl (C=O) groups excluding carboxylic acids is 1. The molecule has 0 aliphatic carbocycles. The Kier molecular flexibility index (Phi) is 6.20. The first kappa shape index (κ1) is 17.3. The summed E-state index contributed by atoms with van der Waals surface area (Å²) in [6, 6.07) is 15.4. The number of benzene rings is 2. The molecule has 0 spiro atoms. The van der Waals surface area contributed by atoms with Crippen LogP contribution >= 0.6 is 0 Å². The van der Waals surface area contributed by atoms with E-state index in [-0.39, 0.29) is 0 Å². The largest absolute Gasteiger partial charge is 0.497 e. The van der Waals surface area contributed by atoms with Crippen LogP contribution in [0.3, 0.4) is 0 Å². The van der Waals surface area contributed by atoms with Crippen LogP contribution in [0.2, 0.25) is 0 Å². The first-order valence-corrected chi connectivity index (χ1v) is 7.43. The average molecular weight is 324 g/mol. The molecule has 0 amide bonds. The lowest BCUT2D eigenvalue weighted by atomic mass is 9.96. The highest BCUT2D eigenvalue weighted by atomic mass is 16.5. The van der Waals surface area contributed by atoms with Crippen LogP contribution in [0.1, 0.15) is 11.1 Å². The maximum absolute atomic E-state index is 11.3. The number of carbonyl (C=O) groups is 1. The number of allylic oxidation sites excluding steroid dienone is 2. The lowest BCUT2D eigenvalue weighted by molar-refractivity contribution is -0.134. The zero-order valence-electron chi connectivity index (χ0n) is 14.0. The summed E-state index contributed by atoms with van der Waals surface area (Å²) in [5, 5.41) is 0. The van der Waals surface area contributed by atoms with Gasteiger partial charge >= 0.3 is 5.97 Å². The van der Waals surface area contributed by atoms with Crippen molar-refractivity contribution in [1.82, 2.24) is 0 Å². The molecule has 0 radical (unpaired) electrons. The monoisotopic (exact) mass is 324 g/mol. The van der Waals surface area contributed by atoms with Gasteiger partial charge in [0.1, 0.15) is 11.5 Å². The van der Waals surface area contributed by atoms with E-state index in [1.165, 1.54) is 13.2 Å². The number of ether oxygens (including phenoxy) is 3. The van der Waals surface area contributed by atoms with Gasteiger partial charge in [-0.15, -0.1) is 0 Å². The van der Waals surface area contributed by atoms with Crippen molar-refractivity contribution in [3.05, 3.63) is 77.9 Å².